The van der Waals surface area contributed by atoms with E-state index in [0.29, 0.717) is 17.8 Å². The average molecular weight is 328 g/mol. The molecule has 1 amide bonds. The summed E-state index contributed by atoms with van der Waals surface area (Å²) in [6.45, 7) is 8.60. The Labute approximate surface area is 139 Å². The van der Waals surface area contributed by atoms with Crippen LogP contribution in [0.15, 0.2) is 30.5 Å². The summed E-state index contributed by atoms with van der Waals surface area (Å²) in [5, 5.41) is 8.33. The Kier molecular flexibility index (Phi) is 3.93. The van der Waals surface area contributed by atoms with Crippen LogP contribution in [0, 0.1) is 0 Å². The third kappa shape index (κ3) is 3.27. The first-order valence-corrected chi connectivity index (χ1v) is 8.45. The first-order chi connectivity index (χ1) is 10.9. The van der Waals surface area contributed by atoms with E-state index in [4.69, 9.17) is 0 Å². The molecule has 0 aliphatic rings. The summed E-state index contributed by atoms with van der Waals surface area (Å²) < 4.78 is 2.87. The van der Waals surface area contributed by atoms with Crippen LogP contribution in [0.25, 0.3) is 20.9 Å². The Bertz CT molecular complexity index is 824. The Hall–Kier alpha value is -2.21. The molecule has 1 N–H and O–H groups in total. The van der Waals surface area contributed by atoms with Gasteiger partial charge in [-0.3, -0.25) is 9.48 Å². The highest BCUT2D eigenvalue weighted by Gasteiger charge is 2.23. The first-order valence-electron chi connectivity index (χ1n) is 7.63. The normalized spacial score (nSPS) is 11.8. The summed E-state index contributed by atoms with van der Waals surface area (Å²) >= 11 is 1.56. The molecule has 0 unspecified atom stereocenters. The van der Waals surface area contributed by atoms with Crippen LogP contribution in [0.4, 0.5) is 0 Å². The van der Waals surface area contributed by atoms with Crippen LogP contribution in [0.5, 0.6) is 0 Å². The van der Waals surface area contributed by atoms with Crippen LogP contribution in [-0.2, 0) is 6.54 Å². The molecule has 0 aliphatic carbocycles. The summed E-state index contributed by atoms with van der Waals surface area (Å²) in [6, 6.07) is 7.95. The second-order valence-corrected chi connectivity index (χ2v) is 7.47. The van der Waals surface area contributed by atoms with Gasteiger partial charge in [0.1, 0.15) is 10.7 Å². The molecule has 0 radical (unpaired) electrons. The number of carbonyl (C=O) groups is 1. The quantitative estimate of drug-likeness (QED) is 0.797. The zero-order chi connectivity index (χ0) is 16.6. The number of rotatable bonds is 3. The molecule has 0 fully saturated rings. The zero-order valence-corrected chi connectivity index (χ0v) is 14.6. The van der Waals surface area contributed by atoms with Crippen LogP contribution in [0.3, 0.4) is 0 Å². The van der Waals surface area contributed by atoms with Crippen molar-refractivity contribution in [2.45, 2.75) is 39.8 Å². The van der Waals surface area contributed by atoms with Gasteiger partial charge in [0, 0.05) is 18.3 Å². The number of nitrogens with zero attached hydrogens (tertiary/aromatic N) is 3. The number of hydrogen-bond acceptors (Lipinski definition) is 4. The van der Waals surface area contributed by atoms with E-state index in [9.17, 15) is 4.79 Å². The van der Waals surface area contributed by atoms with Gasteiger partial charge in [-0.25, -0.2) is 4.98 Å². The van der Waals surface area contributed by atoms with Crippen molar-refractivity contribution >= 4 is 27.5 Å². The molecule has 1 aromatic carbocycles. The summed E-state index contributed by atoms with van der Waals surface area (Å²) in [5.41, 5.74) is 1.85. The van der Waals surface area contributed by atoms with E-state index < -0.39 is 0 Å². The van der Waals surface area contributed by atoms with E-state index in [0.717, 1.165) is 15.2 Å². The molecule has 3 aromatic rings. The summed E-state index contributed by atoms with van der Waals surface area (Å²) in [4.78, 5) is 17.2. The Morgan fingerprint density at radius 3 is 2.70 bits per heavy atom. The monoisotopic (exact) mass is 328 g/mol. The number of para-hydroxylation sites is 1. The third-order valence-electron chi connectivity index (χ3n) is 3.32. The van der Waals surface area contributed by atoms with E-state index in [1.165, 1.54) is 0 Å². The van der Waals surface area contributed by atoms with Crippen LogP contribution in [0.2, 0.25) is 0 Å². The summed E-state index contributed by atoms with van der Waals surface area (Å²) in [5.74, 6) is -0.119. The highest BCUT2D eigenvalue weighted by Crippen LogP contribution is 2.31. The van der Waals surface area contributed by atoms with Crippen LogP contribution in [-0.4, -0.2) is 26.2 Å². The van der Waals surface area contributed by atoms with E-state index >= 15 is 0 Å². The van der Waals surface area contributed by atoms with Crippen molar-refractivity contribution in [3.8, 4) is 10.7 Å². The van der Waals surface area contributed by atoms with Gasteiger partial charge in [0.25, 0.3) is 5.91 Å². The van der Waals surface area contributed by atoms with Gasteiger partial charge < -0.3 is 5.32 Å². The number of amides is 1. The number of aryl methyl sites for hydroxylation is 1. The lowest BCUT2D eigenvalue weighted by molar-refractivity contribution is 0.0920. The number of nitrogens with one attached hydrogen (secondary N) is 1. The van der Waals surface area contributed by atoms with Crippen LogP contribution in [0.1, 0.15) is 38.1 Å². The van der Waals surface area contributed by atoms with Gasteiger partial charge in [-0.05, 0) is 39.8 Å². The highest BCUT2D eigenvalue weighted by molar-refractivity contribution is 7.21. The number of fused-ring (bicyclic) bond motifs is 1. The molecular formula is C17H20N4OS. The maximum atomic E-state index is 12.6. The van der Waals surface area contributed by atoms with E-state index in [2.05, 4.69) is 15.4 Å². The van der Waals surface area contributed by atoms with Gasteiger partial charge in [-0.2, -0.15) is 5.10 Å². The van der Waals surface area contributed by atoms with E-state index in [1.54, 1.807) is 22.2 Å². The molecule has 0 saturated heterocycles. The van der Waals surface area contributed by atoms with Crippen molar-refractivity contribution < 1.29 is 4.79 Å². The predicted molar refractivity (Wildman–Crippen MR) is 93.7 cm³/mol. The van der Waals surface area contributed by atoms with Gasteiger partial charge in [0.2, 0.25) is 0 Å². The minimum Gasteiger partial charge on any atom is -0.347 e. The number of carbonyl (C=O) groups excluding carboxylic acids is 1. The predicted octanol–water partition coefficient (Wildman–Crippen LogP) is 3.71. The first kappa shape index (κ1) is 15.7. The lowest BCUT2D eigenvalue weighted by Crippen LogP contribution is -2.40. The van der Waals surface area contributed by atoms with Gasteiger partial charge in [0.05, 0.1) is 15.8 Å². The van der Waals surface area contributed by atoms with Gasteiger partial charge in [0.15, 0.2) is 0 Å². The molecule has 23 heavy (non-hydrogen) atoms. The minimum atomic E-state index is -0.295. The smallest absolute Gasteiger partial charge is 0.255 e. The Balaban J connectivity index is 2.07. The van der Waals surface area contributed by atoms with Gasteiger partial charge in [-0.1, -0.05) is 12.1 Å². The topological polar surface area (TPSA) is 59.8 Å². The lowest BCUT2D eigenvalue weighted by Gasteiger charge is -2.20. The highest BCUT2D eigenvalue weighted by atomic mass is 32.1. The van der Waals surface area contributed by atoms with Crippen molar-refractivity contribution in [1.82, 2.24) is 20.1 Å². The van der Waals surface area contributed by atoms with E-state index in [1.807, 2.05) is 52.0 Å². The molecule has 0 bridgehead atoms. The molecule has 0 spiro atoms. The Morgan fingerprint density at radius 1 is 1.30 bits per heavy atom. The molecule has 0 aliphatic heterocycles. The molecule has 0 atom stereocenters. The molecule has 120 valence electrons. The number of hydrogen-bond donors (Lipinski definition) is 1. The van der Waals surface area contributed by atoms with Crippen LogP contribution < -0.4 is 5.32 Å². The molecule has 5 nitrogen and oxygen atoms in total. The molecule has 6 heteroatoms. The molecule has 2 heterocycles. The minimum absolute atomic E-state index is 0.119. The van der Waals surface area contributed by atoms with Crippen molar-refractivity contribution in [1.29, 1.82) is 0 Å². The lowest BCUT2D eigenvalue weighted by atomic mass is 10.1. The third-order valence-corrected chi connectivity index (χ3v) is 4.36. The fourth-order valence-corrected chi connectivity index (χ4v) is 3.25. The zero-order valence-electron chi connectivity index (χ0n) is 13.8. The summed E-state index contributed by atoms with van der Waals surface area (Å²) in [6.07, 6.45) is 1.79. The number of aromatic nitrogens is 3. The van der Waals surface area contributed by atoms with E-state index in [-0.39, 0.29) is 11.4 Å². The average Bonchev–Trinajstić information content (AvgIpc) is 3.09. The molecule has 3 rings (SSSR count). The number of thiazole rings is 1. The number of benzene rings is 1. The largest absolute Gasteiger partial charge is 0.347 e. The maximum absolute atomic E-state index is 12.6. The fourth-order valence-electron chi connectivity index (χ4n) is 2.29. The van der Waals surface area contributed by atoms with Gasteiger partial charge >= 0.3 is 0 Å². The van der Waals surface area contributed by atoms with Crippen LogP contribution >= 0.6 is 11.3 Å². The second kappa shape index (κ2) is 5.77. The van der Waals surface area contributed by atoms with Crippen molar-refractivity contribution in [3.63, 3.8) is 0 Å². The second-order valence-electron chi connectivity index (χ2n) is 6.44. The van der Waals surface area contributed by atoms with Crippen molar-refractivity contribution in [2.24, 2.45) is 0 Å². The standard InChI is InChI=1S/C17H20N4OS/c1-5-21-10-11(15(22)19-17(2,3)4)14(20-21)16-18-12-8-6-7-9-13(12)23-16/h6-10H,5H2,1-4H3,(H,19,22). The summed E-state index contributed by atoms with van der Waals surface area (Å²) in [7, 11) is 0. The maximum Gasteiger partial charge on any atom is 0.255 e. The van der Waals surface area contributed by atoms with Gasteiger partial charge in [-0.15, -0.1) is 11.3 Å². The Morgan fingerprint density at radius 2 is 2.04 bits per heavy atom. The molecule has 0 saturated carbocycles. The molecule has 2 aromatic heterocycles. The fraction of sp³-hybridized carbons (Fsp3) is 0.353. The SMILES string of the molecule is CCn1cc(C(=O)NC(C)(C)C)c(-c2nc3ccccc3s2)n1. The van der Waals surface area contributed by atoms with Crippen molar-refractivity contribution in [3.05, 3.63) is 36.0 Å². The molecular weight excluding hydrogens is 308 g/mol. The van der Waals surface area contributed by atoms with Crippen molar-refractivity contribution in [2.75, 3.05) is 0 Å².